The Morgan fingerprint density at radius 3 is 2.79 bits per heavy atom. The summed E-state index contributed by atoms with van der Waals surface area (Å²) >= 11 is 3.13. The molecule has 152 valence electrons. The van der Waals surface area contributed by atoms with Crippen molar-refractivity contribution < 1.29 is 10.1 Å². The molecule has 4 rings (SSSR count). The Morgan fingerprint density at radius 2 is 2.03 bits per heavy atom. The maximum absolute atomic E-state index is 12.6. The second kappa shape index (κ2) is 7.46. The number of aryl methyl sites for hydroxylation is 2. The Kier molecular flexibility index (Phi) is 5.27. The Balaban J connectivity index is 1.49. The summed E-state index contributed by atoms with van der Waals surface area (Å²) < 4.78 is 0. The molecule has 0 saturated carbocycles. The van der Waals surface area contributed by atoms with Gasteiger partial charge in [-0.2, -0.15) is 5.26 Å². The van der Waals surface area contributed by atoms with Crippen molar-refractivity contribution in [2.24, 2.45) is 0 Å². The largest absolute Gasteiger partial charge is 0.333 e. The highest BCUT2D eigenvalue weighted by atomic mass is 32.2. The molecule has 1 amide bonds. The van der Waals surface area contributed by atoms with E-state index in [9.17, 15) is 10.1 Å². The van der Waals surface area contributed by atoms with Crippen molar-refractivity contribution in [1.82, 2.24) is 0 Å². The number of carbonyl (C=O) groups is 1. The third-order valence-electron chi connectivity index (χ3n) is 5.78. The van der Waals surface area contributed by atoms with Gasteiger partial charge in [-0.05, 0) is 75.8 Å². The second-order valence-corrected chi connectivity index (χ2v) is 11.4. The summed E-state index contributed by atoms with van der Waals surface area (Å²) in [5.41, 5.74) is 4.56. The summed E-state index contributed by atoms with van der Waals surface area (Å²) in [6, 6.07) is 8.91. The van der Waals surface area contributed by atoms with Crippen molar-refractivity contribution in [2.75, 3.05) is 11.1 Å². The molecule has 0 atom stereocenters. The number of thioether (sulfide) groups is 1. The van der Waals surface area contributed by atoms with Crippen molar-refractivity contribution in [1.29, 1.82) is 5.26 Å². The fourth-order valence-corrected chi connectivity index (χ4v) is 6.88. The number of amides is 1. The van der Waals surface area contributed by atoms with Crippen LogP contribution < -0.4 is 10.6 Å². The minimum absolute atomic E-state index is 0.0356. The Hall–Kier alpha value is -1.81. The van der Waals surface area contributed by atoms with E-state index in [1.54, 1.807) is 23.1 Å². The number of carbonyl (C=O) groups excluding carboxylic acids is 1. The zero-order valence-electron chi connectivity index (χ0n) is 17.5. The van der Waals surface area contributed by atoms with Crippen LogP contribution in [0.3, 0.4) is 0 Å². The summed E-state index contributed by atoms with van der Waals surface area (Å²) in [7, 11) is 0. The first-order valence-corrected chi connectivity index (χ1v) is 12.0. The minimum atomic E-state index is -0.102. The van der Waals surface area contributed by atoms with E-state index in [1.807, 2.05) is 0 Å². The van der Waals surface area contributed by atoms with E-state index in [-0.39, 0.29) is 17.0 Å². The van der Waals surface area contributed by atoms with Gasteiger partial charge in [0.15, 0.2) is 0 Å². The maximum Gasteiger partial charge on any atom is 0.235 e. The lowest BCUT2D eigenvalue weighted by Gasteiger charge is -2.38. The summed E-state index contributed by atoms with van der Waals surface area (Å²) in [5.74, 6) is 0.305. The molecule has 0 saturated heterocycles. The van der Waals surface area contributed by atoms with Gasteiger partial charge in [-0.25, -0.2) is 0 Å². The minimum Gasteiger partial charge on any atom is -0.333 e. The molecule has 0 fully saturated rings. The zero-order valence-corrected chi connectivity index (χ0v) is 19.1. The van der Waals surface area contributed by atoms with E-state index in [4.69, 9.17) is 0 Å². The van der Waals surface area contributed by atoms with Gasteiger partial charge in [-0.3, -0.25) is 4.79 Å². The number of thiophene rings is 1. The number of quaternary nitrogens is 1. The van der Waals surface area contributed by atoms with Crippen molar-refractivity contribution in [3.63, 3.8) is 0 Å². The standard InChI is InChI=1S/C23H27N3OS2/c1-22(2)11-17-18(12-24)21(29-20(17)23(3,4)26-22)25-19(27)13-28-16-9-8-14-6-5-7-15(14)10-16/h8-10,26H,5-7,11,13H2,1-4H3,(H,25,27)/p+1. The highest BCUT2D eigenvalue weighted by Gasteiger charge is 2.44. The molecule has 2 aliphatic rings. The summed E-state index contributed by atoms with van der Waals surface area (Å²) in [6.45, 7) is 8.81. The van der Waals surface area contributed by atoms with Gasteiger partial charge in [0.2, 0.25) is 5.91 Å². The number of hydrogen-bond donors (Lipinski definition) is 2. The molecule has 1 aliphatic carbocycles. The Morgan fingerprint density at radius 1 is 1.28 bits per heavy atom. The van der Waals surface area contributed by atoms with E-state index in [0.29, 0.717) is 16.3 Å². The zero-order chi connectivity index (χ0) is 20.8. The van der Waals surface area contributed by atoms with Gasteiger partial charge in [0.1, 0.15) is 16.6 Å². The molecule has 0 unspecified atom stereocenters. The van der Waals surface area contributed by atoms with Crippen LogP contribution in [0.25, 0.3) is 0 Å². The highest BCUT2D eigenvalue weighted by molar-refractivity contribution is 8.00. The van der Waals surface area contributed by atoms with Crippen LogP contribution in [0.4, 0.5) is 5.00 Å². The van der Waals surface area contributed by atoms with E-state index in [2.05, 4.69) is 62.6 Å². The first-order valence-electron chi connectivity index (χ1n) is 10.2. The van der Waals surface area contributed by atoms with Gasteiger partial charge < -0.3 is 10.6 Å². The van der Waals surface area contributed by atoms with Gasteiger partial charge >= 0.3 is 0 Å². The summed E-state index contributed by atoms with van der Waals surface area (Å²) in [6.07, 6.45) is 4.39. The van der Waals surface area contributed by atoms with E-state index in [1.165, 1.54) is 28.8 Å². The molecule has 2 heterocycles. The number of benzene rings is 1. The average Bonchev–Trinajstić information content (AvgIpc) is 3.22. The molecule has 0 bridgehead atoms. The molecule has 0 spiro atoms. The smallest absolute Gasteiger partial charge is 0.235 e. The number of hydrogen-bond acceptors (Lipinski definition) is 4. The lowest BCUT2D eigenvalue weighted by Crippen LogP contribution is -3.03. The van der Waals surface area contributed by atoms with E-state index >= 15 is 0 Å². The summed E-state index contributed by atoms with van der Waals surface area (Å²) in [5, 5.41) is 15.9. The lowest BCUT2D eigenvalue weighted by atomic mass is 9.81. The molecule has 29 heavy (non-hydrogen) atoms. The van der Waals surface area contributed by atoms with Crippen LogP contribution in [0, 0.1) is 11.3 Å². The van der Waals surface area contributed by atoms with Crippen molar-refractivity contribution in [3.8, 4) is 6.07 Å². The van der Waals surface area contributed by atoms with Crippen molar-refractivity contribution in [2.45, 2.75) is 69.4 Å². The lowest BCUT2D eigenvalue weighted by molar-refractivity contribution is -0.789. The molecule has 2 aromatic rings. The fraction of sp³-hybridized carbons (Fsp3) is 0.478. The normalized spacial score (nSPS) is 18.6. The predicted molar refractivity (Wildman–Crippen MR) is 120 cm³/mol. The molecule has 1 aromatic heterocycles. The number of rotatable bonds is 4. The number of nitriles is 1. The van der Waals surface area contributed by atoms with Crippen LogP contribution in [0.15, 0.2) is 23.1 Å². The fourth-order valence-electron chi connectivity index (χ4n) is 4.86. The molecule has 1 aliphatic heterocycles. The van der Waals surface area contributed by atoms with Gasteiger partial charge in [-0.15, -0.1) is 23.1 Å². The maximum atomic E-state index is 12.6. The van der Waals surface area contributed by atoms with Gasteiger partial charge in [-0.1, -0.05) is 6.07 Å². The number of nitrogens with two attached hydrogens (primary N) is 1. The average molecular weight is 427 g/mol. The number of anilines is 1. The third-order valence-corrected chi connectivity index (χ3v) is 8.26. The molecule has 0 radical (unpaired) electrons. The van der Waals surface area contributed by atoms with Crippen LogP contribution in [-0.2, 0) is 29.6 Å². The highest BCUT2D eigenvalue weighted by Crippen LogP contribution is 2.41. The molecule has 4 nitrogen and oxygen atoms in total. The van der Waals surface area contributed by atoms with Crippen LogP contribution in [0.2, 0.25) is 0 Å². The first-order chi connectivity index (χ1) is 13.7. The first kappa shape index (κ1) is 20.5. The topological polar surface area (TPSA) is 69.5 Å². The predicted octanol–water partition coefficient (Wildman–Crippen LogP) is 3.97. The van der Waals surface area contributed by atoms with Gasteiger partial charge in [0.05, 0.1) is 21.7 Å². The Labute approximate surface area is 181 Å². The van der Waals surface area contributed by atoms with Crippen LogP contribution in [-0.4, -0.2) is 17.2 Å². The van der Waals surface area contributed by atoms with Gasteiger partial charge in [0, 0.05) is 11.3 Å². The SMILES string of the molecule is CC1(C)Cc2c(sc(NC(=O)CSc3ccc4c(c3)CCC4)c2C#N)C(C)(C)[NH2+]1. The molecule has 3 N–H and O–H groups in total. The third kappa shape index (κ3) is 4.09. The summed E-state index contributed by atoms with van der Waals surface area (Å²) in [4.78, 5) is 15.0. The van der Waals surface area contributed by atoms with Gasteiger partial charge in [0.25, 0.3) is 0 Å². The van der Waals surface area contributed by atoms with Crippen LogP contribution in [0.1, 0.15) is 61.2 Å². The van der Waals surface area contributed by atoms with E-state index < -0.39 is 0 Å². The molecule has 6 heteroatoms. The molecular weight excluding hydrogens is 398 g/mol. The second-order valence-electron chi connectivity index (χ2n) is 9.38. The number of nitrogens with zero attached hydrogens (tertiary/aromatic N) is 1. The van der Waals surface area contributed by atoms with Crippen molar-refractivity contribution >= 4 is 34.0 Å². The number of fused-ring (bicyclic) bond motifs is 2. The monoisotopic (exact) mass is 426 g/mol. The number of nitrogens with one attached hydrogen (secondary N) is 1. The quantitative estimate of drug-likeness (QED) is 0.727. The van der Waals surface area contributed by atoms with Crippen LogP contribution >= 0.6 is 23.1 Å². The molecular formula is C23H28N3OS2+. The van der Waals surface area contributed by atoms with E-state index in [0.717, 1.165) is 23.3 Å². The molecule has 1 aromatic carbocycles. The van der Waals surface area contributed by atoms with Crippen LogP contribution in [0.5, 0.6) is 0 Å². The van der Waals surface area contributed by atoms with Crippen molar-refractivity contribution in [3.05, 3.63) is 45.3 Å². The Bertz CT molecular complexity index is 1010.